The second-order valence-electron chi connectivity index (χ2n) is 16.8. The van der Waals surface area contributed by atoms with Crippen molar-refractivity contribution in [3.8, 4) is 39.1 Å². The van der Waals surface area contributed by atoms with Crippen LogP contribution in [0.15, 0.2) is 205 Å². The van der Waals surface area contributed by atoms with Crippen molar-refractivity contribution in [3.05, 3.63) is 222 Å². The Morgan fingerprint density at radius 3 is 1.97 bits per heavy atom. The second kappa shape index (κ2) is 13.3. The van der Waals surface area contributed by atoms with Crippen LogP contribution in [0.2, 0.25) is 0 Å². The molecular formula is C57H41NO2. The van der Waals surface area contributed by atoms with E-state index in [0.717, 1.165) is 55.9 Å². The first-order valence-electron chi connectivity index (χ1n) is 20.9. The molecule has 2 atom stereocenters. The average molecular weight is 772 g/mol. The number of fused-ring (bicyclic) bond motifs is 9. The van der Waals surface area contributed by atoms with Gasteiger partial charge >= 0.3 is 0 Å². The van der Waals surface area contributed by atoms with Crippen molar-refractivity contribution >= 4 is 44.6 Å². The Morgan fingerprint density at radius 2 is 1.15 bits per heavy atom. The number of anilines is 3. The molecule has 9 aromatic rings. The highest BCUT2D eigenvalue weighted by atomic mass is 16.5. The highest BCUT2D eigenvalue weighted by molar-refractivity contribution is 6.09. The molecule has 12 rings (SSSR count). The van der Waals surface area contributed by atoms with Crippen LogP contribution in [-0.2, 0) is 5.41 Å². The first-order valence-corrected chi connectivity index (χ1v) is 20.9. The highest BCUT2D eigenvalue weighted by Crippen LogP contribution is 2.52. The summed E-state index contributed by atoms with van der Waals surface area (Å²) in [6.45, 7) is 4.74. The minimum absolute atomic E-state index is 0.0443. The number of ether oxygens (including phenoxy) is 1. The van der Waals surface area contributed by atoms with Crippen LogP contribution in [0.5, 0.6) is 5.75 Å². The zero-order chi connectivity index (χ0) is 40.0. The van der Waals surface area contributed by atoms with E-state index in [9.17, 15) is 0 Å². The van der Waals surface area contributed by atoms with E-state index in [1.165, 1.54) is 50.1 Å². The summed E-state index contributed by atoms with van der Waals surface area (Å²) in [5.74, 6) is 1.20. The molecule has 3 heteroatoms. The van der Waals surface area contributed by atoms with Crippen molar-refractivity contribution in [2.45, 2.75) is 31.3 Å². The summed E-state index contributed by atoms with van der Waals surface area (Å²) in [6, 6.07) is 65.8. The van der Waals surface area contributed by atoms with Crippen LogP contribution in [0.3, 0.4) is 0 Å². The molecule has 0 spiro atoms. The van der Waals surface area contributed by atoms with E-state index >= 15 is 0 Å². The maximum atomic E-state index is 6.45. The van der Waals surface area contributed by atoms with Gasteiger partial charge in [-0.3, -0.25) is 0 Å². The zero-order valence-corrected chi connectivity index (χ0v) is 33.5. The number of hydrogen-bond acceptors (Lipinski definition) is 3. The summed E-state index contributed by atoms with van der Waals surface area (Å²) in [4.78, 5) is 2.40. The third kappa shape index (κ3) is 5.43. The van der Waals surface area contributed by atoms with Gasteiger partial charge in [-0.1, -0.05) is 153 Å². The average Bonchev–Trinajstić information content (AvgIpc) is 3.94. The van der Waals surface area contributed by atoms with Crippen LogP contribution in [0.4, 0.5) is 17.1 Å². The topological polar surface area (TPSA) is 25.6 Å². The van der Waals surface area contributed by atoms with Gasteiger partial charge in [0.05, 0.1) is 0 Å². The first kappa shape index (κ1) is 34.7. The van der Waals surface area contributed by atoms with E-state index in [2.05, 4.69) is 201 Å². The lowest BCUT2D eigenvalue weighted by atomic mass is 9.81. The molecule has 1 aromatic heterocycles. The minimum atomic E-state index is -0.184. The van der Waals surface area contributed by atoms with Crippen LogP contribution in [0, 0.1) is 0 Å². The predicted octanol–water partition coefficient (Wildman–Crippen LogP) is 15.2. The number of hydrogen-bond donors (Lipinski definition) is 0. The molecule has 0 amide bonds. The smallest absolute Gasteiger partial charge is 0.143 e. The van der Waals surface area contributed by atoms with Crippen molar-refractivity contribution in [1.29, 1.82) is 0 Å². The van der Waals surface area contributed by atoms with Gasteiger partial charge in [-0.05, 0) is 111 Å². The lowest BCUT2D eigenvalue weighted by Crippen LogP contribution is -2.17. The predicted molar refractivity (Wildman–Crippen MR) is 248 cm³/mol. The van der Waals surface area contributed by atoms with Gasteiger partial charge in [-0.2, -0.15) is 0 Å². The van der Waals surface area contributed by atoms with Crippen LogP contribution in [0.1, 0.15) is 42.0 Å². The van der Waals surface area contributed by atoms with Gasteiger partial charge < -0.3 is 14.1 Å². The maximum absolute atomic E-state index is 6.45. The molecule has 3 aliphatic rings. The van der Waals surface area contributed by atoms with Crippen LogP contribution in [0.25, 0.3) is 60.9 Å². The number of benzene rings is 8. The summed E-state index contributed by atoms with van der Waals surface area (Å²) in [5.41, 5.74) is 18.6. The van der Waals surface area contributed by atoms with E-state index in [4.69, 9.17) is 9.15 Å². The Bertz CT molecular complexity index is 3200. The largest absolute Gasteiger partial charge is 0.485 e. The lowest BCUT2D eigenvalue weighted by molar-refractivity contribution is 0.269. The lowest BCUT2D eigenvalue weighted by Gasteiger charge is -2.28. The van der Waals surface area contributed by atoms with Gasteiger partial charge in [0.2, 0.25) is 0 Å². The standard InChI is InChI=1S/C57H41NO2/c1-57(2)51-34-40(36-11-4-3-5-12-36)23-30-45(51)46-31-29-43(35-52(46)57)58(41-25-19-37(20-26-41)39-24-32-55-50(33-39)48-14-7-8-17-53(48)59-55)42-27-21-38(22-28-42)44-15-10-16-49-47-13-6-9-18-54(47)60-56(44)49/h3-35,50,55H,1-2H3. The fourth-order valence-corrected chi connectivity index (χ4v) is 9.93. The normalized spacial score (nSPS) is 16.8. The summed E-state index contributed by atoms with van der Waals surface area (Å²) >= 11 is 0. The molecule has 2 heterocycles. The van der Waals surface area contributed by atoms with E-state index in [0.29, 0.717) is 0 Å². The second-order valence-corrected chi connectivity index (χ2v) is 16.8. The Kier molecular flexibility index (Phi) is 7.71. The van der Waals surface area contributed by atoms with E-state index in [1.54, 1.807) is 0 Å². The molecule has 3 nitrogen and oxygen atoms in total. The first-order chi connectivity index (χ1) is 29.5. The number of furan rings is 1. The SMILES string of the molecule is CC1(C)c2cc(-c3ccccc3)ccc2-c2ccc(N(c3ccc(C4=CC5c6ccccc6OC5C=C4)cc3)c3ccc(-c4cccc5c4oc4ccccc45)cc3)cc21. The van der Waals surface area contributed by atoms with E-state index < -0.39 is 0 Å². The monoisotopic (exact) mass is 771 g/mol. The highest BCUT2D eigenvalue weighted by Gasteiger charge is 2.37. The Hall–Kier alpha value is -7.36. The summed E-state index contributed by atoms with van der Waals surface area (Å²) in [6.07, 6.45) is 6.84. The Morgan fingerprint density at radius 1 is 0.500 bits per heavy atom. The van der Waals surface area contributed by atoms with Crippen molar-refractivity contribution in [2.75, 3.05) is 4.90 Å². The summed E-state index contributed by atoms with van der Waals surface area (Å²) in [7, 11) is 0. The maximum Gasteiger partial charge on any atom is 0.143 e. The van der Waals surface area contributed by atoms with Gasteiger partial charge in [0, 0.05) is 50.3 Å². The van der Waals surface area contributed by atoms with Gasteiger partial charge in [0.25, 0.3) is 0 Å². The van der Waals surface area contributed by atoms with E-state index in [1.807, 2.05) is 18.2 Å². The molecular weight excluding hydrogens is 731 g/mol. The van der Waals surface area contributed by atoms with E-state index in [-0.39, 0.29) is 17.4 Å². The third-order valence-corrected chi connectivity index (χ3v) is 13.0. The molecule has 1 aliphatic heterocycles. The van der Waals surface area contributed by atoms with Crippen molar-refractivity contribution in [2.24, 2.45) is 0 Å². The Balaban J connectivity index is 0.944. The summed E-state index contributed by atoms with van der Waals surface area (Å²) < 4.78 is 12.7. The van der Waals surface area contributed by atoms with Crippen LogP contribution >= 0.6 is 0 Å². The van der Waals surface area contributed by atoms with Gasteiger partial charge in [0.15, 0.2) is 0 Å². The molecule has 0 N–H and O–H groups in total. The number of para-hydroxylation sites is 3. The number of allylic oxidation sites excluding steroid dienone is 2. The molecule has 8 aromatic carbocycles. The molecule has 0 fully saturated rings. The molecule has 2 aliphatic carbocycles. The fourth-order valence-electron chi connectivity index (χ4n) is 9.93. The van der Waals surface area contributed by atoms with Crippen LogP contribution < -0.4 is 9.64 Å². The minimum Gasteiger partial charge on any atom is -0.485 e. The molecule has 2 unspecified atom stereocenters. The molecule has 0 saturated heterocycles. The fraction of sp³-hybridized carbons (Fsp3) is 0.0877. The number of nitrogens with zero attached hydrogens (tertiary/aromatic N) is 1. The number of rotatable bonds is 6. The zero-order valence-electron chi connectivity index (χ0n) is 33.5. The van der Waals surface area contributed by atoms with Gasteiger partial charge in [0.1, 0.15) is 23.0 Å². The third-order valence-electron chi connectivity index (χ3n) is 13.0. The quantitative estimate of drug-likeness (QED) is 0.168. The molecule has 0 radical (unpaired) electrons. The van der Waals surface area contributed by atoms with Crippen molar-refractivity contribution in [3.63, 3.8) is 0 Å². The summed E-state index contributed by atoms with van der Waals surface area (Å²) in [5, 5.41) is 2.27. The molecule has 0 bridgehead atoms. The molecule has 60 heavy (non-hydrogen) atoms. The van der Waals surface area contributed by atoms with Gasteiger partial charge in [-0.15, -0.1) is 0 Å². The van der Waals surface area contributed by atoms with Crippen LogP contribution in [-0.4, -0.2) is 6.10 Å². The van der Waals surface area contributed by atoms with Crippen molar-refractivity contribution < 1.29 is 9.15 Å². The molecule has 286 valence electrons. The molecule has 0 saturated carbocycles. The van der Waals surface area contributed by atoms with Gasteiger partial charge in [-0.25, -0.2) is 0 Å². The Labute approximate surface area is 350 Å². The van der Waals surface area contributed by atoms with Crippen molar-refractivity contribution in [1.82, 2.24) is 0 Å².